The lowest BCUT2D eigenvalue weighted by molar-refractivity contribution is -0.140. The molecule has 22 heavy (non-hydrogen) atoms. The zero-order chi connectivity index (χ0) is 16.5. The third-order valence-corrected chi connectivity index (χ3v) is 3.25. The van der Waals surface area contributed by atoms with Crippen molar-refractivity contribution in [2.24, 2.45) is 5.92 Å². The van der Waals surface area contributed by atoms with E-state index in [2.05, 4.69) is 5.32 Å². The van der Waals surface area contributed by atoms with Crippen LogP contribution in [0.4, 0.5) is 0 Å². The van der Waals surface area contributed by atoms with Crippen LogP contribution >= 0.6 is 0 Å². The van der Waals surface area contributed by atoms with Crippen LogP contribution in [0, 0.1) is 5.92 Å². The highest BCUT2D eigenvalue weighted by Gasteiger charge is 2.18. The van der Waals surface area contributed by atoms with E-state index in [-0.39, 0.29) is 0 Å². The van der Waals surface area contributed by atoms with Gasteiger partial charge in [-0.15, -0.1) is 0 Å². The molecule has 2 N–H and O–H groups in total. The number of rotatable bonds is 10. The SMILES string of the molecule is CCCOc1ccc(CNC(CC(C)C)C(=O)O)cc1OC. The molecule has 0 aliphatic heterocycles. The molecule has 5 nitrogen and oxygen atoms in total. The molecule has 1 atom stereocenters. The van der Waals surface area contributed by atoms with Crippen molar-refractivity contribution in [2.75, 3.05) is 13.7 Å². The standard InChI is InChI=1S/C17H27NO4/c1-5-8-22-15-7-6-13(10-16(15)21-4)11-18-14(17(19)20)9-12(2)3/h6-7,10,12,14,18H,5,8-9,11H2,1-4H3,(H,19,20). The zero-order valence-corrected chi connectivity index (χ0v) is 13.9. The molecule has 0 heterocycles. The lowest BCUT2D eigenvalue weighted by atomic mass is 10.0. The van der Waals surface area contributed by atoms with Gasteiger partial charge in [0.25, 0.3) is 0 Å². The van der Waals surface area contributed by atoms with Crippen molar-refractivity contribution in [1.82, 2.24) is 5.32 Å². The number of carboxylic acids is 1. The van der Waals surface area contributed by atoms with Gasteiger partial charge >= 0.3 is 5.97 Å². The number of ether oxygens (including phenoxy) is 2. The fourth-order valence-electron chi connectivity index (χ4n) is 2.14. The number of methoxy groups -OCH3 is 1. The van der Waals surface area contributed by atoms with Gasteiger partial charge in [-0.2, -0.15) is 0 Å². The number of hydrogen-bond donors (Lipinski definition) is 2. The number of aliphatic carboxylic acids is 1. The lowest BCUT2D eigenvalue weighted by Gasteiger charge is -2.17. The molecule has 0 aliphatic rings. The molecule has 1 unspecified atom stereocenters. The quantitative estimate of drug-likeness (QED) is 0.695. The number of nitrogens with one attached hydrogen (secondary N) is 1. The predicted octanol–water partition coefficient (Wildman–Crippen LogP) is 3.07. The number of benzene rings is 1. The van der Waals surface area contributed by atoms with Crippen LogP contribution in [-0.2, 0) is 11.3 Å². The normalized spacial score (nSPS) is 12.2. The van der Waals surface area contributed by atoms with Gasteiger partial charge in [-0.3, -0.25) is 4.79 Å². The van der Waals surface area contributed by atoms with Crippen LogP contribution in [0.1, 0.15) is 39.2 Å². The van der Waals surface area contributed by atoms with Gasteiger partial charge in [0.2, 0.25) is 0 Å². The Bertz CT molecular complexity index is 474. The van der Waals surface area contributed by atoms with E-state index in [1.807, 2.05) is 39.0 Å². The van der Waals surface area contributed by atoms with Gasteiger partial charge in [-0.1, -0.05) is 26.8 Å². The van der Waals surface area contributed by atoms with Gasteiger partial charge < -0.3 is 19.9 Å². The molecule has 0 aromatic heterocycles. The van der Waals surface area contributed by atoms with E-state index in [1.165, 1.54) is 0 Å². The average molecular weight is 309 g/mol. The first kappa shape index (κ1) is 18.3. The van der Waals surface area contributed by atoms with Crippen LogP contribution < -0.4 is 14.8 Å². The van der Waals surface area contributed by atoms with Crippen molar-refractivity contribution in [3.8, 4) is 11.5 Å². The van der Waals surface area contributed by atoms with Crippen LogP contribution in [-0.4, -0.2) is 30.8 Å². The Balaban J connectivity index is 2.70. The fraction of sp³-hybridized carbons (Fsp3) is 0.588. The van der Waals surface area contributed by atoms with Gasteiger partial charge in [-0.05, 0) is 36.5 Å². The maximum Gasteiger partial charge on any atom is 0.320 e. The molecule has 0 saturated heterocycles. The van der Waals surface area contributed by atoms with E-state index in [1.54, 1.807) is 7.11 Å². The molecule has 124 valence electrons. The first-order chi connectivity index (χ1) is 10.5. The Hall–Kier alpha value is -1.75. The summed E-state index contributed by atoms with van der Waals surface area (Å²) >= 11 is 0. The summed E-state index contributed by atoms with van der Waals surface area (Å²) in [4.78, 5) is 11.2. The van der Waals surface area contributed by atoms with Crippen LogP contribution in [0.15, 0.2) is 18.2 Å². The molecule has 0 radical (unpaired) electrons. The first-order valence-corrected chi connectivity index (χ1v) is 7.73. The fourth-order valence-corrected chi connectivity index (χ4v) is 2.14. The van der Waals surface area contributed by atoms with Crippen molar-refractivity contribution in [3.63, 3.8) is 0 Å². The first-order valence-electron chi connectivity index (χ1n) is 7.73. The molecule has 0 aliphatic carbocycles. The molecule has 0 amide bonds. The second-order valence-electron chi connectivity index (χ2n) is 5.73. The molecular formula is C17H27NO4. The highest BCUT2D eigenvalue weighted by molar-refractivity contribution is 5.73. The van der Waals surface area contributed by atoms with Gasteiger partial charge in [0.1, 0.15) is 6.04 Å². The minimum atomic E-state index is -0.816. The van der Waals surface area contributed by atoms with E-state index in [4.69, 9.17) is 9.47 Å². The Morgan fingerprint density at radius 3 is 2.59 bits per heavy atom. The second kappa shape index (κ2) is 9.30. The van der Waals surface area contributed by atoms with Gasteiger partial charge in [0.05, 0.1) is 13.7 Å². The summed E-state index contributed by atoms with van der Waals surface area (Å²) in [5, 5.41) is 12.3. The van der Waals surface area contributed by atoms with Crippen molar-refractivity contribution in [2.45, 2.75) is 46.2 Å². The van der Waals surface area contributed by atoms with Gasteiger partial charge in [-0.25, -0.2) is 0 Å². The largest absolute Gasteiger partial charge is 0.493 e. The third kappa shape index (κ3) is 5.93. The monoisotopic (exact) mass is 309 g/mol. The summed E-state index contributed by atoms with van der Waals surface area (Å²) in [6.45, 7) is 7.20. The third-order valence-electron chi connectivity index (χ3n) is 3.25. The Morgan fingerprint density at radius 1 is 1.32 bits per heavy atom. The van der Waals surface area contributed by atoms with Crippen LogP contribution in [0.3, 0.4) is 0 Å². The van der Waals surface area contributed by atoms with E-state index in [9.17, 15) is 9.90 Å². The minimum absolute atomic E-state index is 0.327. The number of carboxylic acid groups (broad SMARTS) is 1. The van der Waals surface area contributed by atoms with E-state index in [0.29, 0.717) is 37.0 Å². The van der Waals surface area contributed by atoms with Crippen molar-refractivity contribution >= 4 is 5.97 Å². The topological polar surface area (TPSA) is 67.8 Å². The molecule has 0 fully saturated rings. The highest BCUT2D eigenvalue weighted by atomic mass is 16.5. The summed E-state index contributed by atoms with van der Waals surface area (Å²) in [6.07, 6.45) is 1.53. The predicted molar refractivity (Wildman–Crippen MR) is 86.5 cm³/mol. The van der Waals surface area contributed by atoms with Gasteiger partial charge in [0, 0.05) is 6.54 Å². The maximum atomic E-state index is 11.2. The molecule has 0 bridgehead atoms. The van der Waals surface area contributed by atoms with E-state index in [0.717, 1.165) is 12.0 Å². The molecule has 1 rings (SSSR count). The smallest absolute Gasteiger partial charge is 0.320 e. The molecule has 5 heteroatoms. The lowest BCUT2D eigenvalue weighted by Crippen LogP contribution is -2.37. The Labute approximate surface area is 132 Å². The highest BCUT2D eigenvalue weighted by Crippen LogP contribution is 2.28. The maximum absolute atomic E-state index is 11.2. The molecule has 1 aromatic rings. The second-order valence-corrected chi connectivity index (χ2v) is 5.73. The van der Waals surface area contributed by atoms with Gasteiger partial charge in [0.15, 0.2) is 11.5 Å². The molecule has 0 saturated carbocycles. The van der Waals surface area contributed by atoms with Crippen LogP contribution in [0.25, 0.3) is 0 Å². The summed E-state index contributed by atoms with van der Waals surface area (Å²) in [5.41, 5.74) is 0.968. The summed E-state index contributed by atoms with van der Waals surface area (Å²) in [5.74, 6) is 0.894. The van der Waals surface area contributed by atoms with Crippen LogP contribution in [0.5, 0.6) is 11.5 Å². The van der Waals surface area contributed by atoms with Crippen molar-refractivity contribution in [1.29, 1.82) is 0 Å². The Morgan fingerprint density at radius 2 is 2.05 bits per heavy atom. The summed E-state index contributed by atoms with van der Waals surface area (Å²) in [7, 11) is 1.60. The Kier molecular flexibility index (Phi) is 7.74. The molecular weight excluding hydrogens is 282 g/mol. The van der Waals surface area contributed by atoms with E-state index < -0.39 is 12.0 Å². The van der Waals surface area contributed by atoms with Crippen molar-refractivity contribution < 1.29 is 19.4 Å². The average Bonchev–Trinajstić information content (AvgIpc) is 2.49. The van der Waals surface area contributed by atoms with Crippen LogP contribution in [0.2, 0.25) is 0 Å². The minimum Gasteiger partial charge on any atom is -0.493 e. The molecule has 0 spiro atoms. The number of hydrogen-bond acceptors (Lipinski definition) is 4. The molecule has 1 aromatic carbocycles. The number of carbonyl (C=O) groups is 1. The summed E-state index contributed by atoms with van der Waals surface area (Å²) in [6, 6.07) is 5.13. The van der Waals surface area contributed by atoms with E-state index >= 15 is 0 Å². The zero-order valence-electron chi connectivity index (χ0n) is 13.9. The summed E-state index contributed by atoms with van der Waals surface area (Å²) < 4.78 is 10.9. The van der Waals surface area contributed by atoms with Crippen molar-refractivity contribution in [3.05, 3.63) is 23.8 Å².